The van der Waals surface area contributed by atoms with Gasteiger partial charge in [0.25, 0.3) is 5.79 Å². The van der Waals surface area contributed by atoms with Crippen LogP contribution in [0.3, 0.4) is 0 Å². The molecule has 0 saturated carbocycles. The average molecular weight is 616 g/mol. The summed E-state index contributed by atoms with van der Waals surface area (Å²) in [6.07, 6.45) is 4.60. The minimum absolute atomic E-state index is 0.150. The van der Waals surface area contributed by atoms with Gasteiger partial charge in [-0.1, -0.05) is 35.3 Å². The standard InChI is InChI=1S/C29H28Cl2N4O5S/c1-29(24-11-19(30)20(31)13-32-24)39-22-4-2-3-18(26(22)40-29)16-5-8-34(9-6-16)15-25-33-27-21(12-23(41-27)28(36)37)35(25)14-17-7-10-38-17/h2-4,11-13,16-17H,5-10,14-15H2,1H3,(H,36,37)/t17-,29-/m0/s1. The SMILES string of the molecule is C[C@]1(c2cc(Cl)c(Cl)cn2)Oc2cccc(C3CCN(Cc4nc5sc(C(=O)O)cc5n4C[C@@H]4CCO4)CC3)c2O1. The number of carbonyl (C=O) groups is 1. The van der Waals surface area contributed by atoms with Crippen LogP contribution in [0, 0.1) is 0 Å². The number of piperidine rings is 1. The van der Waals surface area contributed by atoms with Gasteiger partial charge in [0.15, 0.2) is 11.5 Å². The van der Waals surface area contributed by atoms with Gasteiger partial charge in [0.05, 0.1) is 34.8 Å². The number of pyridine rings is 1. The Kier molecular flexibility index (Phi) is 6.86. The summed E-state index contributed by atoms with van der Waals surface area (Å²) >= 11 is 13.5. The molecule has 2 atom stereocenters. The molecule has 2 saturated heterocycles. The van der Waals surface area contributed by atoms with Gasteiger partial charge in [-0.15, -0.1) is 11.3 Å². The molecular formula is C29H28Cl2N4O5S. The highest BCUT2D eigenvalue weighted by molar-refractivity contribution is 7.20. The minimum atomic E-state index is -1.10. The molecule has 0 unspecified atom stereocenters. The number of ether oxygens (including phenoxy) is 3. The van der Waals surface area contributed by atoms with Gasteiger partial charge < -0.3 is 23.9 Å². The molecule has 3 aliphatic heterocycles. The van der Waals surface area contributed by atoms with Gasteiger partial charge in [0, 0.05) is 25.3 Å². The van der Waals surface area contributed by atoms with Crippen LogP contribution in [0.1, 0.15) is 58.9 Å². The van der Waals surface area contributed by atoms with Crippen molar-refractivity contribution in [3.63, 3.8) is 0 Å². The first-order valence-electron chi connectivity index (χ1n) is 13.7. The molecule has 0 amide bonds. The van der Waals surface area contributed by atoms with Gasteiger partial charge in [0.2, 0.25) is 0 Å². The van der Waals surface area contributed by atoms with Gasteiger partial charge in [-0.05, 0) is 56.5 Å². The van der Waals surface area contributed by atoms with E-state index in [1.807, 2.05) is 19.1 Å². The van der Waals surface area contributed by atoms with E-state index in [0.717, 1.165) is 66.4 Å². The van der Waals surface area contributed by atoms with E-state index in [-0.39, 0.29) is 6.10 Å². The maximum Gasteiger partial charge on any atom is 0.346 e. The largest absolute Gasteiger partial charge is 0.477 e. The number of halogens is 2. The van der Waals surface area contributed by atoms with Crippen LogP contribution in [-0.4, -0.2) is 56.3 Å². The third-order valence-electron chi connectivity index (χ3n) is 8.19. The van der Waals surface area contributed by atoms with Crippen molar-refractivity contribution in [2.75, 3.05) is 19.7 Å². The first kappa shape index (κ1) is 27.0. The fourth-order valence-electron chi connectivity index (χ4n) is 5.86. The van der Waals surface area contributed by atoms with Crippen LogP contribution >= 0.6 is 34.5 Å². The second-order valence-electron chi connectivity index (χ2n) is 10.9. The lowest BCUT2D eigenvalue weighted by Crippen LogP contribution is -2.35. The molecule has 1 aromatic carbocycles. The van der Waals surface area contributed by atoms with Crippen molar-refractivity contribution in [3.8, 4) is 11.5 Å². The monoisotopic (exact) mass is 614 g/mol. The van der Waals surface area contributed by atoms with E-state index in [1.54, 1.807) is 12.1 Å². The van der Waals surface area contributed by atoms with Crippen LogP contribution in [-0.2, 0) is 23.6 Å². The Bertz CT molecular complexity index is 1650. The van der Waals surface area contributed by atoms with Crippen LogP contribution in [0.15, 0.2) is 36.5 Å². The number of nitrogens with zero attached hydrogens (tertiary/aromatic N) is 4. The number of fused-ring (bicyclic) bond motifs is 2. The zero-order chi connectivity index (χ0) is 28.3. The zero-order valence-electron chi connectivity index (χ0n) is 22.3. The normalized spacial score (nSPS) is 22.8. The maximum atomic E-state index is 11.5. The molecule has 4 aromatic rings. The molecule has 0 bridgehead atoms. The fraction of sp³-hybridized carbons (Fsp3) is 0.414. The van der Waals surface area contributed by atoms with Gasteiger partial charge in [-0.25, -0.2) is 9.78 Å². The molecule has 0 radical (unpaired) electrons. The molecule has 0 aliphatic carbocycles. The molecule has 12 heteroatoms. The van der Waals surface area contributed by atoms with Crippen molar-refractivity contribution in [1.29, 1.82) is 0 Å². The summed E-state index contributed by atoms with van der Waals surface area (Å²) in [5, 5.41) is 10.2. The zero-order valence-corrected chi connectivity index (χ0v) is 24.6. The van der Waals surface area contributed by atoms with Crippen LogP contribution < -0.4 is 9.47 Å². The van der Waals surface area contributed by atoms with Crippen molar-refractivity contribution in [2.24, 2.45) is 0 Å². The molecule has 0 spiro atoms. The van der Waals surface area contributed by atoms with E-state index in [1.165, 1.54) is 17.5 Å². The van der Waals surface area contributed by atoms with Crippen LogP contribution in [0.25, 0.3) is 10.3 Å². The summed E-state index contributed by atoms with van der Waals surface area (Å²) < 4.78 is 20.5. The van der Waals surface area contributed by atoms with Crippen molar-refractivity contribution >= 4 is 50.9 Å². The number of rotatable bonds is 7. The van der Waals surface area contributed by atoms with Crippen LogP contribution in [0.4, 0.5) is 0 Å². The highest BCUT2D eigenvalue weighted by Crippen LogP contribution is 2.49. The van der Waals surface area contributed by atoms with Gasteiger partial charge in [-0.3, -0.25) is 9.88 Å². The van der Waals surface area contributed by atoms with E-state index >= 15 is 0 Å². The number of likely N-dealkylation sites (tertiary alicyclic amines) is 1. The highest BCUT2D eigenvalue weighted by Gasteiger charge is 2.42. The number of hydrogen-bond donors (Lipinski definition) is 1. The molecule has 7 rings (SSSR count). The number of hydrogen-bond acceptors (Lipinski definition) is 8. The lowest BCUT2D eigenvalue weighted by atomic mass is 9.88. The summed E-state index contributed by atoms with van der Waals surface area (Å²) in [6, 6.07) is 9.47. The number of carboxylic acids is 1. The number of carboxylic acid groups (broad SMARTS) is 1. The van der Waals surface area contributed by atoms with E-state index < -0.39 is 11.8 Å². The smallest absolute Gasteiger partial charge is 0.346 e. The Morgan fingerprint density at radius 2 is 1.98 bits per heavy atom. The average Bonchev–Trinajstić information content (AvgIpc) is 3.59. The second kappa shape index (κ2) is 10.4. The summed E-state index contributed by atoms with van der Waals surface area (Å²) in [6.45, 7) is 5.82. The summed E-state index contributed by atoms with van der Waals surface area (Å²) in [4.78, 5) is 24.3. The number of benzene rings is 1. The molecule has 2 fully saturated rings. The predicted molar refractivity (Wildman–Crippen MR) is 155 cm³/mol. The van der Waals surface area contributed by atoms with E-state index in [4.69, 9.17) is 42.4 Å². The fourth-order valence-corrected chi connectivity index (χ4v) is 7.01. The van der Waals surface area contributed by atoms with Crippen LogP contribution in [0.5, 0.6) is 11.5 Å². The Morgan fingerprint density at radius 1 is 1.17 bits per heavy atom. The molecule has 3 aliphatic rings. The first-order valence-corrected chi connectivity index (χ1v) is 15.2. The first-order chi connectivity index (χ1) is 19.8. The number of para-hydroxylation sites is 1. The highest BCUT2D eigenvalue weighted by atomic mass is 35.5. The Morgan fingerprint density at radius 3 is 2.68 bits per heavy atom. The molecule has 1 N–H and O–H groups in total. The van der Waals surface area contributed by atoms with Crippen LogP contribution in [0.2, 0.25) is 10.0 Å². The molecular weight excluding hydrogens is 587 g/mol. The van der Waals surface area contributed by atoms with Crippen molar-refractivity contribution in [2.45, 2.75) is 57.1 Å². The lowest BCUT2D eigenvalue weighted by molar-refractivity contribution is -0.0722. The second-order valence-corrected chi connectivity index (χ2v) is 12.7. The molecule has 3 aromatic heterocycles. The van der Waals surface area contributed by atoms with E-state index in [9.17, 15) is 9.90 Å². The topological polar surface area (TPSA) is 98.9 Å². The van der Waals surface area contributed by atoms with Gasteiger partial charge in [0.1, 0.15) is 21.2 Å². The predicted octanol–water partition coefficient (Wildman–Crippen LogP) is 6.31. The molecule has 9 nitrogen and oxygen atoms in total. The Labute approximate surface area is 250 Å². The lowest BCUT2D eigenvalue weighted by Gasteiger charge is -2.33. The van der Waals surface area contributed by atoms with E-state index in [2.05, 4.69) is 20.5 Å². The Balaban J connectivity index is 1.06. The van der Waals surface area contributed by atoms with Crippen molar-refractivity contribution in [3.05, 3.63) is 68.5 Å². The maximum absolute atomic E-state index is 11.5. The molecule has 6 heterocycles. The van der Waals surface area contributed by atoms with Crippen molar-refractivity contribution < 1.29 is 24.1 Å². The Hall–Kier alpha value is -2.89. The number of imidazole rings is 1. The number of aromatic nitrogens is 3. The van der Waals surface area contributed by atoms with E-state index in [0.29, 0.717) is 45.4 Å². The summed E-state index contributed by atoms with van der Waals surface area (Å²) in [7, 11) is 0. The number of thiophene rings is 1. The third kappa shape index (κ3) is 4.95. The number of aromatic carboxylic acids is 1. The minimum Gasteiger partial charge on any atom is -0.477 e. The quantitative estimate of drug-likeness (QED) is 0.258. The summed E-state index contributed by atoms with van der Waals surface area (Å²) in [5.41, 5.74) is 2.57. The van der Waals surface area contributed by atoms with Gasteiger partial charge >= 0.3 is 5.97 Å². The third-order valence-corrected chi connectivity index (χ3v) is 9.91. The molecule has 41 heavy (non-hydrogen) atoms. The van der Waals surface area contributed by atoms with Gasteiger partial charge in [-0.2, -0.15) is 0 Å². The summed E-state index contributed by atoms with van der Waals surface area (Å²) in [5.74, 6) is 0.715. The van der Waals surface area contributed by atoms with Crippen molar-refractivity contribution in [1.82, 2.24) is 19.4 Å². The molecule has 214 valence electrons.